The Morgan fingerprint density at radius 3 is 2.67 bits per heavy atom. The quantitative estimate of drug-likeness (QED) is 0.713. The Hall–Kier alpha value is -1.09. The van der Waals surface area contributed by atoms with Crippen LogP contribution in [0, 0.1) is 0 Å². The largest absolute Gasteiger partial charge is 0.357 e. The maximum atomic E-state index is 11.2. The third-order valence-electron chi connectivity index (χ3n) is 2.51. The van der Waals surface area contributed by atoms with Crippen LogP contribution in [-0.4, -0.2) is 22.6 Å². The summed E-state index contributed by atoms with van der Waals surface area (Å²) >= 11 is 0. The highest BCUT2D eigenvalue weighted by Gasteiger charge is 2.32. The molecule has 0 bridgehead atoms. The first kappa shape index (κ1) is 10.4. The van der Waals surface area contributed by atoms with Gasteiger partial charge in [0.15, 0.2) is 0 Å². The first-order valence-electron chi connectivity index (χ1n) is 4.55. The molecule has 2 rings (SSSR count). The van der Waals surface area contributed by atoms with E-state index >= 15 is 0 Å². The van der Waals surface area contributed by atoms with Gasteiger partial charge in [0, 0.05) is 12.7 Å². The summed E-state index contributed by atoms with van der Waals surface area (Å²) in [5.74, 6) is -0.854. The summed E-state index contributed by atoms with van der Waals surface area (Å²) in [5, 5.41) is 0. The van der Waals surface area contributed by atoms with Gasteiger partial charge >= 0.3 is 7.60 Å². The molecule has 15 heavy (non-hydrogen) atoms. The fraction of sp³-hybridized carbons (Fsp3) is 0.200. The normalized spacial score (nSPS) is 20.2. The van der Waals surface area contributed by atoms with Gasteiger partial charge in [-0.2, -0.15) is 0 Å². The van der Waals surface area contributed by atoms with Crippen molar-refractivity contribution in [1.29, 1.82) is 0 Å². The Labute approximate surface area is 88.0 Å². The van der Waals surface area contributed by atoms with Crippen LogP contribution in [0.4, 0.5) is 5.69 Å². The van der Waals surface area contributed by atoms with Crippen LogP contribution in [0.2, 0.25) is 0 Å². The van der Waals surface area contributed by atoms with Gasteiger partial charge in [0.1, 0.15) is 5.78 Å². The molecule has 4 nitrogen and oxygen atoms in total. The molecule has 1 aromatic carbocycles. The fourth-order valence-corrected chi connectivity index (χ4v) is 2.63. The molecule has 80 valence electrons. The topological polar surface area (TPSA) is 60.8 Å². The lowest BCUT2D eigenvalue weighted by molar-refractivity contribution is 0.364. The molecule has 5 heteroatoms. The fourth-order valence-electron chi connectivity index (χ4n) is 1.75. The molecule has 0 saturated heterocycles. The summed E-state index contributed by atoms with van der Waals surface area (Å²) in [4.78, 5) is 19.9. The Morgan fingerprint density at radius 1 is 1.33 bits per heavy atom. The van der Waals surface area contributed by atoms with E-state index in [1.54, 1.807) is 24.1 Å². The summed E-state index contributed by atoms with van der Waals surface area (Å²) in [5.41, 5.74) is 1.82. The second kappa shape index (κ2) is 3.49. The Balaban J connectivity index is 2.46. The van der Waals surface area contributed by atoms with Gasteiger partial charge in [0.2, 0.25) is 0 Å². The molecule has 1 atom stereocenters. The molecular weight excluding hydrogens is 213 g/mol. The van der Waals surface area contributed by atoms with E-state index in [1.807, 2.05) is 24.3 Å². The lowest BCUT2D eigenvalue weighted by Gasteiger charge is -2.32. The molecule has 1 aromatic rings. The van der Waals surface area contributed by atoms with Crippen LogP contribution in [0.15, 0.2) is 30.3 Å². The van der Waals surface area contributed by atoms with Gasteiger partial charge in [-0.05, 0) is 17.7 Å². The van der Waals surface area contributed by atoms with E-state index in [1.165, 1.54) is 0 Å². The summed E-state index contributed by atoms with van der Waals surface area (Å²) in [7, 11) is -2.43. The van der Waals surface area contributed by atoms with Crippen molar-refractivity contribution in [2.45, 2.75) is 5.78 Å². The van der Waals surface area contributed by atoms with E-state index in [0.717, 1.165) is 11.3 Å². The van der Waals surface area contributed by atoms with Gasteiger partial charge in [-0.25, -0.2) is 0 Å². The number of hydrogen-bond acceptors (Lipinski definition) is 2. The van der Waals surface area contributed by atoms with Crippen molar-refractivity contribution >= 4 is 19.4 Å². The number of likely N-dealkylation sites (N-methyl/N-ethyl adjacent to an activating group) is 1. The highest BCUT2D eigenvalue weighted by Crippen LogP contribution is 2.47. The second-order valence-corrected chi connectivity index (χ2v) is 5.24. The summed E-state index contributed by atoms with van der Waals surface area (Å²) < 4.78 is 11.2. The molecule has 0 aliphatic carbocycles. The van der Waals surface area contributed by atoms with E-state index in [-0.39, 0.29) is 0 Å². The first-order valence-corrected chi connectivity index (χ1v) is 6.23. The minimum atomic E-state index is -4.11. The van der Waals surface area contributed by atoms with E-state index in [0.29, 0.717) is 0 Å². The van der Waals surface area contributed by atoms with Gasteiger partial charge in [-0.1, -0.05) is 24.3 Å². The van der Waals surface area contributed by atoms with Crippen LogP contribution >= 0.6 is 7.60 Å². The van der Waals surface area contributed by atoms with Gasteiger partial charge < -0.3 is 14.7 Å². The Kier molecular flexibility index (Phi) is 2.43. The average molecular weight is 225 g/mol. The molecule has 1 aliphatic heterocycles. The third kappa shape index (κ3) is 1.84. The molecule has 1 unspecified atom stereocenters. The van der Waals surface area contributed by atoms with E-state index in [2.05, 4.69) is 0 Å². The van der Waals surface area contributed by atoms with Gasteiger partial charge in [-0.15, -0.1) is 0 Å². The molecule has 1 heterocycles. The number of benzene rings is 1. The molecule has 0 radical (unpaired) electrons. The Morgan fingerprint density at radius 2 is 2.00 bits per heavy atom. The molecule has 2 N–H and O–H groups in total. The third-order valence-corrected chi connectivity index (χ3v) is 3.71. The highest BCUT2D eigenvalue weighted by atomic mass is 31.2. The number of anilines is 1. The van der Waals surface area contributed by atoms with Crippen LogP contribution in [0.5, 0.6) is 0 Å². The predicted molar refractivity (Wildman–Crippen MR) is 59.7 cm³/mol. The van der Waals surface area contributed by atoms with E-state index in [9.17, 15) is 4.57 Å². The number of fused-ring (bicyclic) bond motifs is 1. The smallest absolute Gasteiger partial charge is 0.351 e. The molecule has 0 saturated carbocycles. The zero-order chi connectivity index (χ0) is 11.1. The number of para-hydroxylation sites is 1. The SMILES string of the molecule is CN1c2ccccc2C=CC1P(=O)(O)O. The van der Waals surface area contributed by atoms with Crippen LogP contribution in [0.1, 0.15) is 5.56 Å². The maximum absolute atomic E-state index is 11.2. The molecule has 0 fully saturated rings. The van der Waals surface area contributed by atoms with Crippen molar-refractivity contribution in [2.24, 2.45) is 0 Å². The highest BCUT2D eigenvalue weighted by molar-refractivity contribution is 7.53. The van der Waals surface area contributed by atoms with Crippen LogP contribution < -0.4 is 4.90 Å². The second-order valence-electron chi connectivity index (χ2n) is 3.53. The predicted octanol–water partition coefficient (Wildman–Crippen LogP) is 1.65. The summed E-state index contributed by atoms with van der Waals surface area (Å²) in [6, 6.07) is 7.51. The molecule has 0 amide bonds. The first-order chi connectivity index (χ1) is 7.00. The molecular formula is C10H12NO3P. The van der Waals surface area contributed by atoms with Crippen molar-refractivity contribution in [3.05, 3.63) is 35.9 Å². The van der Waals surface area contributed by atoms with Crippen molar-refractivity contribution in [3.8, 4) is 0 Å². The lowest BCUT2D eigenvalue weighted by atomic mass is 10.1. The summed E-state index contributed by atoms with van der Waals surface area (Å²) in [6.45, 7) is 0. The average Bonchev–Trinajstić information content (AvgIpc) is 2.16. The van der Waals surface area contributed by atoms with Crippen molar-refractivity contribution in [2.75, 3.05) is 11.9 Å². The van der Waals surface area contributed by atoms with Gasteiger partial charge in [0.05, 0.1) is 0 Å². The molecule has 0 spiro atoms. The lowest BCUT2D eigenvalue weighted by Crippen LogP contribution is -2.32. The van der Waals surface area contributed by atoms with Gasteiger partial charge in [-0.3, -0.25) is 4.57 Å². The van der Waals surface area contributed by atoms with E-state index in [4.69, 9.17) is 9.79 Å². The zero-order valence-electron chi connectivity index (χ0n) is 8.24. The van der Waals surface area contributed by atoms with Crippen molar-refractivity contribution < 1.29 is 14.4 Å². The number of nitrogens with zero attached hydrogens (tertiary/aromatic N) is 1. The molecule has 1 aliphatic rings. The minimum Gasteiger partial charge on any atom is -0.357 e. The standard InChI is InChI=1S/C10H12NO3P/c1-11-9-5-3-2-4-8(9)6-7-10(11)15(12,13)14/h2-7,10H,1H3,(H2,12,13,14). The van der Waals surface area contributed by atoms with Gasteiger partial charge in [0.25, 0.3) is 0 Å². The van der Waals surface area contributed by atoms with Crippen LogP contribution in [-0.2, 0) is 4.57 Å². The minimum absolute atomic E-state index is 0.841. The Bertz CT molecular complexity index is 452. The van der Waals surface area contributed by atoms with Crippen LogP contribution in [0.25, 0.3) is 6.08 Å². The number of hydrogen-bond donors (Lipinski definition) is 2. The zero-order valence-corrected chi connectivity index (χ0v) is 9.13. The number of rotatable bonds is 1. The van der Waals surface area contributed by atoms with Crippen molar-refractivity contribution in [3.63, 3.8) is 0 Å². The van der Waals surface area contributed by atoms with Crippen molar-refractivity contribution in [1.82, 2.24) is 0 Å². The van der Waals surface area contributed by atoms with Crippen LogP contribution in [0.3, 0.4) is 0 Å². The monoisotopic (exact) mass is 225 g/mol. The summed E-state index contributed by atoms with van der Waals surface area (Å²) in [6.07, 6.45) is 3.29. The van der Waals surface area contributed by atoms with E-state index < -0.39 is 13.4 Å². The molecule has 0 aromatic heterocycles. The maximum Gasteiger partial charge on any atom is 0.351 e.